The van der Waals surface area contributed by atoms with Gasteiger partial charge < -0.3 is 14.3 Å². The summed E-state index contributed by atoms with van der Waals surface area (Å²) < 4.78 is 10.1. The number of nitriles is 1. The first-order chi connectivity index (χ1) is 10.7. The molecule has 0 aliphatic carbocycles. The van der Waals surface area contributed by atoms with E-state index in [2.05, 4.69) is 13.2 Å². The van der Waals surface area contributed by atoms with Crippen LogP contribution in [-0.2, 0) is 14.3 Å². The van der Waals surface area contributed by atoms with Crippen molar-refractivity contribution in [2.24, 2.45) is 0 Å². The number of rotatable bonds is 11. The van der Waals surface area contributed by atoms with E-state index in [1.54, 1.807) is 0 Å². The predicted molar refractivity (Wildman–Crippen MR) is 92.5 cm³/mol. The molecular formula is C18H33NO3. The molecule has 22 heavy (non-hydrogen) atoms. The smallest absolute Gasteiger partial charge is 0.154 e. The van der Waals surface area contributed by atoms with Crippen LogP contribution in [-0.4, -0.2) is 25.8 Å². The molecule has 0 aromatic carbocycles. The van der Waals surface area contributed by atoms with Crippen molar-refractivity contribution in [3.05, 3.63) is 25.3 Å². The molecule has 0 atom stereocenters. The first-order valence-corrected chi connectivity index (χ1v) is 7.94. The lowest BCUT2D eigenvalue weighted by atomic mass is 10.1. The van der Waals surface area contributed by atoms with E-state index in [1.165, 1.54) is 6.08 Å². The highest BCUT2D eigenvalue weighted by Gasteiger charge is 1.94. The molecule has 4 nitrogen and oxygen atoms in total. The van der Waals surface area contributed by atoms with E-state index in [1.807, 2.05) is 32.9 Å². The third kappa shape index (κ3) is 31.1. The van der Waals surface area contributed by atoms with Crippen LogP contribution in [0.3, 0.4) is 0 Å². The highest BCUT2D eigenvalue weighted by Crippen LogP contribution is 2.04. The third-order valence-corrected chi connectivity index (χ3v) is 2.44. The van der Waals surface area contributed by atoms with Gasteiger partial charge in [0.25, 0.3) is 0 Å². The molecule has 0 heterocycles. The lowest BCUT2D eigenvalue weighted by Gasteiger charge is -2.09. The highest BCUT2D eigenvalue weighted by molar-refractivity contribution is 5.48. The van der Waals surface area contributed by atoms with Gasteiger partial charge in [0.2, 0.25) is 0 Å². The van der Waals surface area contributed by atoms with Gasteiger partial charge in [0, 0.05) is 25.7 Å². The Balaban J connectivity index is -0.000000313. The Kier molecular flexibility index (Phi) is 32.3. The van der Waals surface area contributed by atoms with Crippen LogP contribution in [0.5, 0.6) is 0 Å². The molecule has 0 bridgehead atoms. The van der Waals surface area contributed by atoms with E-state index in [0.29, 0.717) is 6.42 Å². The van der Waals surface area contributed by atoms with Crippen LogP contribution in [0.1, 0.15) is 59.3 Å². The first kappa shape index (κ1) is 25.5. The van der Waals surface area contributed by atoms with Gasteiger partial charge in [0.05, 0.1) is 6.07 Å². The van der Waals surface area contributed by atoms with Gasteiger partial charge in [0.15, 0.2) is 6.29 Å². The fourth-order valence-electron chi connectivity index (χ4n) is 1.50. The summed E-state index contributed by atoms with van der Waals surface area (Å²) in [5.41, 5.74) is 0. The molecule has 0 radical (unpaired) electrons. The molecule has 0 spiro atoms. The van der Waals surface area contributed by atoms with E-state index < -0.39 is 0 Å². The second-order valence-corrected chi connectivity index (χ2v) is 4.17. The van der Waals surface area contributed by atoms with Crippen LogP contribution in [0.25, 0.3) is 0 Å². The molecular weight excluding hydrogens is 278 g/mol. The average molecular weight is 311 g/mol. The number of nitrogens with zero attached hydrogens (tertiary/aromatic N) is 1. The minimum Gasteiger partial charge on any atom is -0.353 e. The van der Waals surface area contributed by atoms with Crippen LogP contribution >= 0.6 is 0 Å². The van der Waals surface area contributed by atoms with Gasteiger partial charge in [-0.15, -0.1) is 13.2 Å². The lowest BCUT2D eigenvalue weighted by Crippen LogP contribution is -2.11. The number of carbonyl (C=O) groups excluding carboxylic acids is 1. The maximum atomic E-state index is 9.93. The number of carbonyl (C=O) groups is 1. The van der Waals surface area contributed by atoms with Gasteiger partial charge in [-0.2, -0.15) is 5.26 Å². The number of aldehydes is 1. The molecule has 0 aliphatic heterocycles. The minimum absolute atomic E-state index is 0.0370. The molecule has 0 aromatic heterocycles. The maximum Gasteiger partial charge on any atom is 0.154 e. The second-order valence-electron chi connectivity index (χ2n) is 4.17. The summed E-state index contributed by atoms with van der Waals surface area (Å²) in [5.74, 6) is 0. The minimum atomic E-state index is -0.0370. The fourth-order valence-corrected chi connectivity index (χ4v) is 1.50. The number of unbranched alkanes of at least 4 members (excludes halogenated alkanes) is 5. The summed E-state index contributed by atoms with van der Waals surface area (Å²) in [4.78, 5) is 9.93. The van der Waals surface area contributed by atoms with E-state index >= 15 is 0 Å². The molecule has 128 valence electrons. The SMILES string of the molecule is C=C.CCOC(C)OCC.N#C/C=C/CCCCCCC=O. The molecule has 0 aliphatic rings. The molecule has 0 N–H and O–H groups in total. The molecule has 0 fully saturated rings. The van der Waals surface area contributed by atoms with Crippen molar-refractivity contribution >= 4 is 6.29 Å². The molecule has 0 rings (SSSR count). The second kappa shape index (κ2) is 27.8. The number of allylic oxidation sites excluding steroid dienone is 2. The van der Waals surface area contributed by atoms with Crippen LogP contribution in [0.2, 0.25) is 0 Å². The van der Waals surface area contributed by atoms with Gasteiger partial charge in [-0.05, 0) is 40.0 Å². The maximum absolute atomic E-state index is 9.93. The van der Waals surface area contributed by atoms with Gasteiger partial charge in [0.1, 0.15) is 6.29 Å². The fraction of sp³-hybridized carbons (Fsp3) is 0.667. The van der Waals surface area contributed by atoms with Crippen molar-refractivity contribution in [3.8, 4) is 6.07 Å². The zero-order valence-electron chi connectivity index (χ0n) is 14.6. The van der Waals surface area contributed by atoms with Crippen molar-refractivity contribution in [1.82, 2.24) is 0 Å². The molecule has 0 unspecified atom stereocenters. The summed E-state index contributed by atoms with van der Waals surface area (Å²) in [5, 5.41) is 8.16. The molecule has 0 aromatic rings. The first-order valence-electron chi connectivity index (χ1n) is 7.94. The monoisotopic (exact) mass is 311 g/mol. The summed E-state index contributed by atoms with van der Waals surface area (Å²) >= 11 is 0. The average Bonchev–Trinajstić information content (AvgIpc) is 2.53. The van der Waals surface area contributed by atoms with Crippen LogP contribution in [0.15, 0.2) is 25.3 Å². The Hall–Kier alpha value is -1.44. The Morgan fingerprint density at radius 3 is 1.95 bits per heavy atom. The van der Waals surface area contributed by atoms with Crippen LogP contribution in [0, 0.1) is 11.3 Å². The van der Waals surface area contributed by atoms with Crippen molar-refractivity contribution in [1.29, 1.82) is 5.26 Å². The topological polar surface area (TPSA) is 59.3 Å². The Morgan fingerprint density at radius 2 is 1.55 bits per heavy atom. The standard InChI is InChI=1S/C10H15NO.C6H14O2.C2H4/c11-9-7-5-3-1-2-4-6-8-10-12;1-4-7-6(3)8-5-2;1-2/h5,7,10H,1-4,6,8H2;6H,4-5H2,1-3H3;1-2H2/b7-5+;;. The molecule has 4 heteroatoms. The predicted octanol–water partition coefficient (Wildman–Crippen LogP) is 4.81. The van der Waals surface area contributed by atoms with E-state index in [-0.39, 0.29) is 6.29 Å². The van der Waals surface area contributed by atoms with Gasteiger partial charge in [-0.1, -0.05) is 18.9 Å². The third-order valence-electron chi connectivity index (χ3n) is 2.44. The highest BCUT2D eigenvalue weighted by atomic mass is 16.7. The zero-order valence-corrected chi connectivity index (χ0v) is 14.6. The lowest BCUT2D eigenvalue weighted by molar-refractivity contribution is -0.123. The molecule has 0 saturated heterocycles. The summed E-state index contributed by atoms with van der Waals surface area (Å²) in [7, 11) is 0. The van der Waals surface area contributed by atoms with Gasteiger partial charge in [-0.3, -0.25) is 0 Å². The van der Waals surface area contributed by atoms with Crippen molar-refractivity contribution < 1.29 is 14.3 Å². The van der Waals surface area contributed by atoms with E-state index in [9.17, 15) is 4.79 Å². The van der Waals surface area contributed by atoms with E-state index in [4.69, 9.17) is 14.7 Å². The Labute approximate surface area is 136 Å². The van der Waals surface area contributed by atoms with Crippen molar-refractivity contribution in [2.75, 3.05) is 13.2 Å². The van der Waals surface area contributed by atoms with Crippen molar-refractivity contribution in [2.45, 2.75) is 65.6 Å². The normalized spacial score (nSPS) is 9.41. The van der Waals surface area contributed by atoms with Crippen LogP contribution < -0.4 is 0 Å². The number of hydrogen-bond donors (Lipinski definition) is 0. The quantitative estimate of drug-likeness (QED) is 0.180. The number of hydrogen-bond acceptors (Lipinski definition) is 4. The summed E-state index contributed by atoms with van der Waals surface area (Å²) in [6.45, 7) is 13.3. The van der Waals surface area contributed by atoms with Gasteiger partial charge >= 0.3 is 0 Å². The Bertz CT molecular complexity index is 266. The molecule has 0 saturated carbocycles. The van der Waals surface area contributed by atoms with Crippen molar-refractivity contribution in [3.63, 3.8) is 0 Å². The largest absolute Gasteiger partial charge is 0.353 e. The molecule has 0 amide bonds. The number of ether oxygens (including phenoxy) is 2. The Morgan fingerprint density at radius 1 is 1.05 bits per heavy atom. The van der Waals surface area contributed by atoms with Gasteiger partial charge in [-0.25, -0.2) is 0 Å². The van der Waals surface area contributed by atoms with Crippen LogP contribution in [0.4, 0.5) is 0 Å². The summed E-state index contributed by atoms with van der Waals surface area (Å²) in [6, 6.07) is 1.95. The van der Waals surface area contributed by atoms with E-state index in [0.717, 1.165) is 51.6 Å². The zero-order chi connectivity index (χ0) is 17.5. The summed E-state index contributed by atoms with van der Waals surface area (Å²) in [6.07, 6.45) is 10.4.